The molecule has 1 saturated carbocycles. The van der Waals surface area contributed by atoms with Crippen molar-refractivity contribution in [1.29, 1.82) is 0 Å². The highest BCUT2D eigenvalue weighted by Gasteiger charge is 2.25. The van der Waals surface area contributed by atoms with Crippen LogP contribution in [0, 0.1) is 6.92 Å². The van der Waals surface area contributed by atoms with Gasteiger partial charge in [-0.05, 0) is 31.4 Å². The highest BCUT2D eigenvalue weighted by atomic mass is 16.5. The van der Waals surface area contributed by atoms with Gasteiger partial charge in [0.05, 0.1) is 0 Å². The molecule has 1 fully saturated rings. The molecule has 1 aliphatic rings. The van der Waals surface area contributed by atoms with Crippen molar-refractivity contribution in [1.82, 2.24) is 20.4 Å². The minimum Gasteiger partial charge on any atom is -0.360 e. The normalized spacial score (nSPS) is 14.6. The number of aromatic nitrogens is 3. The molecule has 2 aromatic heterocycles. The fourth-order valence-corrected chi connectivity index (χ4v) is 3.10. The first-order chi connectivity index (χ1) is 13.7. The maximum Gasteiger partial charge on any atom is 0.247 e. The van der Waals surface area contributed by atoms with Crippen LogP contribution in [0.3, 0.4) is 0 Å². The second-order valence-electron chi connectivity index (χ2n) is 7.03. The van der Waals surface area contributed by atoms with E-state index < -0.39 is 6.04 Å². The van der Waals surface area contributed by atoms with Crippen molar-refractivity contribution in [3.63, 3.8) is 0 Å². The van der Waals surface area contributed by atoms with Gasteiger partial charge in [0.2, 0.25) is 5.91 Å². The van der Waals surface area contributed by atoms with Crippen LogP contribution in [0.5, 0.6) is 0 Å². The quantitative estimate of drug-likeness (QED) is 0.626. The predicted molar refractivity (Wildman–Crippen MR) is 105 cm³/mol. The van der Waals surface area contributed by atoms with E-state index in [1.165, 1.54) is 12.8 Å². The van der Waals surface area contributed by atoms with Crippen LogP contribution in [0.4, 0.5) is 5.82 Å². The average molecular weight is 377 g/mol. The number of benzene rings is 1. The third-order valence-electron chi connectivity index (χ3n) is 4.69. The lowest BCUT2D eigenvalue weighted by Crippen LogP contribution is -2.34. The van der Waals surface area contributed by atoms with Crippen LogP contribution in [0.15, 0.2) is 53.2 Å². The van der Waals surface area contributed by atoms with Crippen LogP contribution in [0.2, 0.25) is 0 Å². The van der Waals surface area contributed by atoms with Gasteiger partial charge in [-0.3, -0.25) is 4.79 Å². The predicted octanol–water partition coefficient (Wildman–Crippen LogP) is 3.16. The van der Waals surface area contributed by atoms with E-state index in [9.17, 15) is 4.79 Å². The van der Waals surface area contributed by atoms with Gasteiger partial charge in [-0.1, -0.05) is 35.5 Å². The van der Waals surface area contributed by atoms with Gasteiger partial charge in [0.25, 0.3) is 0 Å². The van der Waals surface area contributed by atoms with Crippen LogP contribution < -0.4 is 10.6 Å². The molecule has 3 aromatic rings. The van der Waals surface area contributed by atoms with Gasteiger partial charge in [0, 0.05) is 36.8 Å². The van der Waals surface area contributed by atoms with Crippen molar-refractivity contribution in [2.75, 3.05) is 11.9 Å². The summed E-state index contributed by atoms with van der Waals surface area (Å²) < 4.78 is 5.02. The summed E-state index contributed by atoms with van der Waals surface area (Å²) >= 11 is 0. The molecule has 4 rings (SSSR count). The maximum atomic E-state index is 12.8. The fraction of sp³-hybridized carbons (Fsp3) is 0.333. The molecule has 0 spiro atoms. The lowest BCUT2D eigenvalue weighted by atomic mass is 10.1. The van der Waals surface area contributed by atoms with E-state index in [1.807, 2.05) is 42.6 Å². The van der Waals surface area contributed by atoms with Crippen LogP contribution in [0.1, 0.15) is 47.6 Å². The number of nitrogens with zero attached hydrogens (tertiary/aromatic N) is 3. The SMILES string of the molecule is Cc1cc(NC(=O)C(NCCc2nccc(C3CC3)n2)c2ccccc2)no1. The number of aryl methyl sites for hydroxylation is 1. The molecule has 7 heteroatoms. The van der Waals surface area contributed by atoms with E-state index in [0.29, 0.717) is 30.5 Å². The molecule has 0 radical (unpaired) electrons. The van der Waals surface area contributed by atoms with Crippen molar-refractivity contribution in [2.24, 2.45) is 0 Å². The van der Waals surface area contributed by atoms with Gasteiger partial charge in [0.1, 0.15) is 17.6 Å². The second-order valence-corrected chi connectivity index (χ2v) is 7.03. The van der Waals surface area contributed by atoms with E-state index >= 15 is 0 Å². The van der Waals surface area contributed by atoms with Gasteiger partial charge < -0.3 is 15.2 Å². The Morgan fingerprint density at radius 1 is 1.25 bits per heavy atom. The zero-order chi connectivity index (χ0) is 19.3. The largest absolute Gasteiger partial charge is 0.360 e. The summed E-state index contributed by atoms with van der Waals surface area (Å²) in [7, 11) is 0. The highest BCUT2D eigenvalue weighted by molar-refractivity contribution is 5.94. The Kier molecular flexibility index (Phi) is 5.43. The number of amides is 1. The number of anilines is 1. The van der Waals surface area contributed by atoms with Crippen molar-refractivity contribution in [3.05, 3.63) is 71.5 Å². The topological polar surface area (TPSA) is 92.9 Å². The Morgan fingerprint density at radius 2 is 2.07 bits per heavy atom. The monoisotopic (exact) mass is 377 g/mol. The number of carbonyl (C=O) groups is 1. The number of hydrogen-bond acceptors (Lipinski definition) is 6. The zero-order valence-electron chi connectivity index (χ0n) is 15.8. The van der Waals surface area contributed by atoms with E-state index in [-0.39, 0.29) is 5.91 Å². The molecule has 144 valence electrons. The van der Waals surface area contributed by atoms with Crippen molar-refractivity contribution in [3.8, 4) is 0 Å². The van der Waals surface area contributed by atoms with Crippen molar-refractivity contribution in [2.45, 2.75) is 38.1 Å². The first kappa shape index (κ1) is 18.3. The molecular weight excluding hydrogens is 354 g/mol. The standard InChI is InChI=1S/C21H23N5O2/c1-14-13-19(26-28-14)25-21(27)20(16-5-3-2-4-6-16)23-12-10-18-22-11-9-17(24-18)15-7-8-15/h2-6,9,11,13,15,20,23H,7-8,10,12H2,1H3,(H,25,26,27). The summed E-state index contributed by atoms with van der Waals surface area (Å²) in [6.45, 7) is 2.37. The molecule has 1 aliphatic carbocycles. The fourth-order valence-electron chi connectivity index (χ4n) is 3.10. The minimum absolute atomic E-state index is 0.188. The minimum atomic E-state index is -0.509. The highest BCUT2D eigenvalue weighted by Crippen LogP contribution is 2.38. The molecule has 7 nitrogen and oxygen atoms in total. The molecule has 1 atom stereocenters. The summed E-state index contributed by atoms with van der Waals surface area (Å²) in [5, 5.41) is 9.97. The van der Waals surface area contributed by atoms with Gasteiger partial charge in [0.15, 0.2) is 5.82 Å². The lowest BCUT2D eigenvalue weighted by molar-refractivity contribution is -0.118. The Morgan fingerprint density at radius 3 is 2.79 bits per heavy atom. The number of hydrogen-bond donors (Lipinski definition) is 2. The molecule has 1 unspecified atom stereocenters. The number of nitrogens with one attached hydrogen (secondary N) is 2. The average Bonchev–Trinajstić information content (AvgIpc) is 3.49. The molecular formula is C21H23N5O2. The van der Waals surface area contributed by atoms with Crippen LogP contribution in [0.25, 0.3) is 0 Å². The summed E-state index contributed by atoms with van der Waals surface area (Å²) in [6, 6.07) is 12.8. The Balaban J connectivity index is 1.42. The first-order valence-electron chi connectivity index (χ1n) is 9.53. The van der Waals surface area contributed by atoms with E-state index in [0.717, 1.165) is 17.1 Å². The van der Waals surface area contributed by atoms with Crippen LogP contribution >= 0.6 is 0 Å². The Hall–Kier alpha value is -3.06. The molecule has 1 aromatic carbocycles. The van der Waals surface area contributed by atoms with Crippen molar-refractivity contribution < 1.29 is 9.32 Å². The van der Waals surface area contributed by atoms with Gasteiger partial charge >= 0.3 is 0 Å². The van der Waals surface area contributed by atoms with Gasteiger partial charge in [-0.2, -0.15) is 0 Å². The second kappa shape index (κ2) is 8.31. The molecule has 1 amide bonds. The molecule has 2 heterocycles. The third kappa shape index (κ3) is 4.61. The van der Waals surface area contributed by atoms with Crippen LogP contribution in [-0.4, -0.2) is 27.6 Å². The van der Waals surface area contributed by atoms with E-state index in [1.54, 1.807) is 13.0 Å². The first-order valence-corrected chi connectivity index (χ1v) is 9.53. The van der Waals surface area contributed by atoms with Crippen LogP contribution in [-0.2, 0) is 11.2 Å². The molecule has 28 heavy (non-hydrogen) atoms. The number of rotatable bonds is 8. The summed E-state index contributed by atoms with van der Waals surface area (Å²) in [6.07, 6.45) is 4.91. The molecule has 0 aliphatic heterocycles. The van der Waals surface area contributed by atoms with E-state index in [4.69, 9.17) is 4.52 Å². The lowest BCUT2D eigenvalue weighted by Gasteiger charge is -2.18. The molecule has 0 bridgehead atoms. The Labute approximate surface area is 163 Å². The molecule has 0 saturated heterocycles. The van der Waals surface area contributed by atoms with Gasteiger partial charge in [-0.15, -0.1) is 0 Å². The molecule has 2 N–H and O–H groups in total. The Bertz CT molecular complexity index is 937. The van der Waals surface area contributed by atoms with Crippen molar-refractivity contribution >= 4 is 11.7 Å². The van der Waals surface area contributed by atoms with E-state index in [2.05, 4.69) is 25.8 Å². The smallest absolute Gasteiger partial charge is 0.247 e. The van der Waals surface area contributed by atoms with Gasteiger partial charge in [-0.25, -0.2) is 9.97 Å². The zero-order valence-corrected chi connectivity index (χ0v) is 15.8. The summed E-state index contributed by atoms with van der Waals surface area (Å²) in [5.41, 5.74) is 2.01. The summed E-state index contributed by atoms with van der Waals surface area (Å²) in [5.74, 6) is 2.27. The summed E-state index contributed by atoms with van der Waals surface area (Å²) in [4.78, 5) is 21.8. The maximum absolute atomic E-state index is 12.8. The number of carbonyl (C=O) groups excluding carboxylic acids is 1. The third-order valence-corrected chi connectivity index (χ3v) is 4.69.